The lowest BCUT2D eigenvalue weighted by Gasteiger charge is -2.48. The predicted molar refractivity (Wildman–Crippen MR) is 148 cm³/mol. The average molecular weight is 643 g/mol. The van der Waals surface area contributed by atoms with E-state index in [1.54, 1.807) is 20.8 Å². The molecule has 3 rings (SSSR count). The van der Waals surface area contributed by atoms with Crippen LogP contribution >= 0.6 is 22.9 Å². The van der Waals surface area contributed by atoms with Crippen molar-refractivity contribution in [2.45, 2.75) is 50.3 Å². The maximum atomic E-state index is 13.4. The number of alkyl halides is 1. The van der Waals surface area contributed by atoms with Gasteiger partial charge in [0.05, 0.1) is 28.7 Å². The van der Waals surface area contributed by atoms with Crippen LogP contribution in [-0.2, 0) is 49.0 Å². The summed E-state index contributed by atoms with van der Waals surface area (Å²) in [6.45, 7) is 4.94. The fourth-order valence-electron chi connectivity index (χ4n) is 3.65. The highest BCUT2D eigenvalue weighted by Gasteiger charge is 2.55. The zero-order chi connectivity index (χ0) is 31.4. The monoisotopic (exact) mass is 642 g/mol. The van der Waals surface area contributed by atoms with E-state index in [0.717, 1.165) is 16.2 Å². The molecular weight excluding hydrogens is 619 g/mol. The van der Waals surface area contributed by atoms with Crippen LogP contribution in [0.2, 0.25) is 0 Å². The van der Waals surface area contributed by atoms with Crippen molar-refractivity contribution < 1.29 is 47.2 Å². The van der Waals surface area contributed by atoms with Gasteiger partial charge in [0.1, 0.15) is 22.7 Å². The van der Waals surface area contributed by atoms with Crippen molar-refractivity contribution in [1.82, 2.24) is 15.2 Å². The summed E-state index contributed by atoms with van der Waals surface area (Å²) < 4.78 is 22.1. The number of β-lactam (4-membered cyclic amide) rings is 1. The number of nitrogens with two attached hydrogens (primary N) is 1. The van der Waals surface area contributed by atoms with E-state index >= 15 is 0 Å². The second kappa shape index (κ2) is 13.4. The van der Waals surface area contributed by atoms with Crippen molar-refractivity contribution in [3.8, 4) is 0 Å². The van der Waals surface area contributed by atoms with Crippen LogP contribution in [0.1, 0.15) is 32.9 Å². The fourth-order valence-corrected chi connectivity index (χ4v) is 6.38. The quantitative estimate of drug-likeness (QED) is 0.0675. The van der Waals surface area contributed by atoms with Crippen LogP contribution in [0.5, 0.6) is 0 Å². The van der Waals surface area contributed by atoms with Crippen LogP contribution in [0.4, 0.5) is 9.93 Å². The Morgan fingerprint density at radius 3 is 2.64 bits per heavy atom. The topological polar surface area (TPSA) is 226 Å². The van der Waals surface area contributed by atoms with Gasteiger partial charge in [-0.15, -0.1) is 22.9 Å². The van der Waals surface area contributed by atoms with Crippen molar-refractivity contribution in [2.75, 3.05) is 16.9 Å². The number of carbonyl (C=O) groups is 6. The second-order valence-corrected chi connectivity index (χ2v) is 12.3. The summed E-state index contributed by atoms with van der Waals surface area (Å²) in [6, 6.07) is -1.34. The summed E-state index contributed by atoms with van der Waals surface area (Å²) in [5.74, 6) is -4.27. The first-order valence-corrected chi connectivity index (χ1v) is 14.6. The van der Waals surface area contributed by atoms with Crippen molar-refractivity contribution in [1.29, 1.82) is 0 Å². The number of anilines is 1. The van der Waals surface area contributed by atoms with Gasteiger partial charge in [-0.05, 0) is 26.3 Å². The van der Waals surface area contributed by atoms with Crippen LogP contribution in [0.3, 0.4) is 0 Å². The van der Waals surface area contributed by atoms with Gasteiger partial charge < -0.3 is 25.3 Å². The van der Waals surface area contributed by atoms with Crippen molar-refractivity contribution in [3.05, 3.63) is 22.3 Å². The molecule has 2 aliphatic heterocycles. The van der Waals surface area contributed by atoms with Crippen molar-refractivity contribution in [2.24, 2.45) is 10.9 Å². The Morgan fingerprint density at radius 2 is 2.07 bits per heavy atom. The standard InChI is InChI=1S/C22H24BClN6O10S2/c1-22(2,3)38-21(36)28-20-26-10(7-41-20)14(29-40-12(4-13(25)32)19(35)39-23)16(33)27-15-17(34)30-11(6-31)9(5-24)8-42(37)18(15)30/h6-7,12,15,18H,4-5,8H2,1-3H3,(H2,25,32)(H,27,33)(H,26,28,36)/b29-14-/t12-,15+,18+,42?/m0/s1. The fraction of sp³-hybridized carbons (Fsp3) is 0.455. The van der Waals surface area contributed by atoms with Crippen LogP contribution in [-0.4, -0.2) is 98.7 Å². The molecule has 0 bridgehead atoms. The maximum absolute atomic E-state index is 13.4. The number of halogens is 1. The summed E-state index contributed by atoms with van der Waals surface area (Å²) in [4.78, 5) is 83.4. The summed E-state index contributed by atoms with van der Waals surface area (Å²) >= 11 is 6.69. The molecule has 0 aromatic carbocycles. The SMILES string of the molecule is [B]OC(=O)[C@H](CC(N)=O)O/N=C(\C(=O)N[C@@H]1C(=O)N2C(C=O)=C(CCl)CS(=O)[C@H]12)c1csc(NC(=O)OC(C)(C)C)n1. The van der Waals surface area contributed by atoms with E-state index in [1.807, 2.05) is 0 Å². The molecule has 20 heteroatoms. The number of amides is 4. The van der Waals surface area contributed by atoms with Crippen LogP contribution in [0.15, 0.2) is 21.8 Å². The van der Waals surface area contributed by atoms with Gasteiger partial charge in [0.15, 0.2) is 17.1 Å². The number of aromatic nitrogens is 1. The van der Waals surface area contributed by atoms with Gasteiger partial charge in [-0.25, -0.2) is 14.6 Å². The molecule has 4 atom stereocenters. The molecule has 1 fully saturated rings. The zero-order valence-electron chi connectivity index (χ0n) is 22.3. The molecule has 1 unspecified atom stereocenters. The minimum Gasteiger partial charge on any atom is -0.541 e. The minimum absolute atomic E-state index is 0.0246. The van der Waals surface area contributed by atoms with Crippen molar-refractivity contribution in [3.63, 3.8) is 0 Å². The number of thiazole rings is 1. The number of ether oxygens (including phenoxy) is 1. The van der Waals surface area contributed by atoms with Crippen LogP contribution in [0, 0.1) is 0 Å². The largest absolute Gasteiger partial charge is 0.541 e. The van der Waals surface area contributed by atoms with Gasteiger partial charge >= 0.3 is 20.1 Å². The Kier molecular flexibility index (Phi) is 10.4. The number of carbonyl (C=O) groups excluding carboxylic acids is 6. The van der Waals surface area contributed by atoms with E-state index in [0.29, 0.717) is 11.9 Å². The Balaban J connectivity index is 1.90. The molecule has 4 amide bonds. The first kappa shape index (κ1) is 32.7. The lowest BCUT2D eigenvalue weighted by Crippen LogP contribution is -2.73. The third kappa shape index (κ3) is 7.51. The highest BCUT2D eigenvalue weighted by molar-refractivity contribution is 7.86. The third-order valence-corrected chi connectivity index (χ3v) is 8.15. The van der Waals surface area contributed by atoms with Gasteiger partial charge in [0.25, 0.3) is 11.8 Å². The molecule has 0 spiro atoms. The molecule has 0 aliphatic carbocycles. The molecule has 3 heterocycles. The maximum Gasteiger partial charge on any atom is 0.413 e. The van der Waals surface area contributed by atoms with E-state index in [-0.39, 0.29) is 28.2 Å². The molecule has 224 valence electrons. The number of primary amides is 1. The van der Waals surface area contributed by atoms with E-state index < -0.39 is 75.8 Å². The first-order chi connectivity index (χ1) is 19.7. The summed E-state index contributed by atoms with van der Waals surface area (Å²) in [7, 11) is 3.14. The Labute approximate surface area is 251 Å². The molecule has 2 radical (unpaired) electrons. The van der Waals surface area contributed by atoms with Crippen LogP contribution < -0.4 is 16.4 Å². The van der Waals surface area contributed by atoms with Gasteiger partial charge in [0.2, 0.25) is 12.0 Å². The average Bonchev–Trinajstić information content (AvgIpc) is 3.36. The van der Waals surface area contributed by atoms with Gasteiger partial charge in [-0.3, -0.25) is 33.6 Å². The van der Waals surface area contributed by atoms with E-state index in [4.69, 9.17) is 35.0 Å². The van der Waals surface area contributed by atoms with Crippen molar-refractivity contribution >= 4 is 88.7 Å². The Bertz CT molecular complexity index is 1390. The predicted octanol–water partition coefficient (Wildman–Crippen LogP) is -0.811. The third-order valence-electron chi connectivity index (χ3n) is 5.42. The van der Waals surface area contributed by atoms with Crippen LogP contribution in [0.25, 0.3) is 0 Å². The normalized spacial score (nSPS) is 21.0. The molecule has 4 N–H and O–H groups in total. The molecule has 0 saturated carbocycles. The molecule has 2 aliphatic rings. The molecule has 16 nitrogen and oxygen atoms in total. The number of nitrogens with one attached hydrogen (secondary N) is 2. The molecule has 42 heavy (non-hydrogen) atoms. The summed E-state index contributed by atoms with van der Waals surface area (Å²) in [5, 5.41) is 8.58. The minimum atomic E-state index is -1.76. The number of oxime groups is 1. The van der Waals surface area contributed by atoms with Gasteiger partial charge in [0, 0.05) is 11.3 Å². The number of aldehydes is 1. The van der Waals surface area contributed by atoms with E-state index in [2.05, 4.69) is 25.4 Å². The lowest BCUT2D eigenvalue weighted by molar-refractivity contribution is -0.149. The van der Waals surface area contributed by atoms with Gasteiger partial charge in [-0.2, -0.15) is 0 Å². The molecule has 1 aromatic heterocycles. The van der Waals surface area contributed by atoms with E-state index in [1.165, 1.54) is 5.38 Å². The number of fused-ring (bicyclic) bond motifs is 1. The zero-order valence-corrected chi connectivity index (χ0v) is 24.7. The first-order valence-electron chi connectivity index (χ1n) is 11.8. The summed E-state index contributed by atoms with van der Waals surface area (Å²) in [5.41, 5.74) is 3.76. The number of allylic oxidation sites excluding steroid dienone is 1. The number of nitrogens with zero attached hydrogens (tertiary/aromatic N) is 3. The van der Waals surface area contributed by atoms with E-state index in [9.17, 15) is 33.0 Å². The Hall–Kier alpha value is -3.84. The highest BCUT2D eigenvalue weighted by Crippen LogP contribution is 2.34. The highest BCUT2D eigenvalue weighted by atomic mass is 35.5. The molecule has 1 aromatic rings. The Morgan fingerprint density at radius 1 is 1.38 bits per heavy atom. The summed E-state index contributed by atoms with van der Waals surface area (Å²) in [6.07, 6.45) is -2.90. The number of hydrogen-bond acceptors (Lipinski definition) is 13. The number of hydrogen-bond donors (Lipinski definition) is 3. The smallest absolute Gasteiger partial charge is 0.413 e. The molecule has 1 saturated heterocycles. The molecular formula is C22H24BClN6O10S2. The lowest BCUT2D eigenvalue weighted by atomic mass is 10.0. The second-order valence-electron chi connectivity index (χ2n) is 9.62. The number of rotatable bonds is 11. The van der Waals surface area contributed by atoms with Gasteiger partial charge in [-0.1, -0.05) is 5.16 Å².